The third kappa shape index (κ3) is 2.61. The van der Waals surface area contributed by atoms with Gasteiger partial charge in [-0.15, -0.1) is 0 Å². The standard InChI is InChI=1S/C17H19N3O/c1-12-6-7-13(10-15(12)18)17(21)20-9-3-5-16(20)14-4-2-8-19-11-14/h2,4,6-8,10-11,16H,3,5,9,18H2,1H3. The van der Waals surface area contributed by atoms with Crippen LogP contribution in [0.25, 0.3) is 0 Å². The monoisotopic (exact) mass is 281 g/mol. The molecule has 1 fully saturated rings. The van der Waals surface area contributed by atoms with E-state index in [4.69, 9.17) is 5.73 Å². The Kier molecular flexibility index (Phi) is 3.60. The van der Waals surface area contributed by atoms with Crippen LogP contribution in [0.1, 0.15) is 40.4 Å². The number of likely N-dealkylation sites (tertiary alicyclic amines) is 1. The van der Waals surface area contributed by atoms with Crippen LogP contribution in [0.15, 0.2) is 42.7 Å². The van der Waals surface area contributed by atoms with Gasteiger partial charge >= 0.3 is 0 Å². The number of nitrogen functional groups attached to an aromatic ring is 1. The minimum absolute atomic E-state index is 0.0491. The van der Waals surface area contributed by atoms with Gasteiger partial charge in [0.25, 0.3) is 5.91 Å². The predicted octanol–water partition coefficient (Wildman–Crippen LogP) is 2.95. The average molecular weight is 281 g/mol. The van der Waals surface area contributed by atoms with Crippen LogP contribution in [0.3, 0.4) is 0 Å². The van der Waals surface area contributed by atoms with Gasteiger partial charge in [-0.25, -0.2) is 0 Å². The number of aromatic nitrogens is 1. The second-order valence-corrected chi connectivity index (χ2v) is 5.51. The lowest BCUT2D eigenvalue weighted by Gasteiger charge is -2.25. The maximum atomic E-state index is 12.7. The zero-order chi connectivity index (χ0) is 14.8. The molecule has 1 saturated heterocycles. The van der Waals surface area contributed by atoms with E-state index in [0.717, 1.165) is 30.5 Å². The molecule has 2 aromatic rings. The fourth-order valence-corrected chi connectivity index (χ4v) is 2.87. The predicted molar refractivity (Wildman–Crippen MR) is 82.8 cm³/mol. The summed E-state index contributed by atoms with van der Waals surface area (Å²) in [4.78, 5) is 18.8. The Balaban J connectivity index is 1.88. The largest absolute Gasteiger partial charge is 0.398 e. The quantitative estimate of drug-likeness (QED) is 0.861. The van der Waals surface area contributed by atoms with Crippen molar-refractivity contribution >= 4 is 11.6 Å². The van der Waals surface area contributed by atoms with Gasteiger partial charge in [0.05, 0.1) is 6.04 Å². The number of anilines is 1. The first kappa shape index (κ1) is 13.6. The van der Waals surface area contributed by atoms with Gasteiger partial charge in [-0.2, -0.15) is 0 Å². The molecule has 0 saturated carbocycles. The molecular weight excluding hydrogens is 262 g/mol. The number of carbonyl (C=O) groups is 1. The van der Waals surface area contributed by atoms with E-state index >= 15 is 0 Å². The number of hydrogen-bond donors (Lipinski definition) is 1. The van der Waals surface area contributed by atoms with Crippen molar-refractivity contribution in [3.8, 4) is 0 Å². The fraction of sp³-hybridized carbons (Fsp3) is 0.294. The van der Waals surface area contributed by atoms with Crippen LogP contribution in [0.5, 0.6) is 0 Å². The summed E-state index contributed by atoms with van der Waals surface area (Å²) in [5.41, 5.74) is 9.35. The summed E-state index contributed by atoms with van der Waals surface area (Å²) < 4.78 is 0. The normalized spacial score (nSPS) is 18.0. The lowest BCUT2D eigenvalue weighted by atomic mass is 10.1. The highest BCUT2D eigenvalue weighted by molar-refractivity contribution is 5.95. The molecule has 3 rings (SSSR count). The number of amides is 1. The van der Waals surface area contributed by atoms with Gasteiger partial charge in [0, 0.05) is 30.2 Å². The minimum Gasteiger partial charge on any atom is -0.398 e. The molecule has 1 aliphatic rings. The van der Waals surface area contributed by atoms with Crippen molar-refractivity contribution < 1.29 is 4.79 Å². The van der Waals surface area contributed by atoms with Crippen molar-refractivity contribution in [2.75, 3.05) is 12.3 Å². The smallest absolute Gasteiger partial charge is 0.254 e. The maximum absolute atomic E-state index is 12.7. The summed E-state index contributed by atoms with van der Waals surface area (Å²) in [7, 11) is 0. The van der Waals surface area contributed by atoms with Crippen molar-refractivity contribution in [2.24, 2.45) is 0 Å². The highest BCUT2D eigenvalue weighted by Gasteiger charge is 2.30. The first-order valence-electron chi connectivity index (χ1n) is 7.24. The Hall–Kier alpha value is -2.36. The molecule has 1 aromatic carbocycles. The average Bonchev–Trinajstić information content (AvgIpc) is 2.99. The van der Waals surface area contributed by atoms with Crippen molar-refractivity contribution in [1.82, 2.24) is 9.88 Å². The molecular formula is C17H19N3O. The summed E-state index contributed by atoms with van der Waals surface area (Å²) in [6.07, 6.45) is 5.61. The van der Waals surface area contributed by atoms with Crippen LogP contribution in [0, 0.1) is 6.92 Å². The molecule has 1 aliphatic heterocycles. The number of benzene rings is 1. The Bertz CT molecular complexity index is 654. The first-order valence-corrected chi connectivity index (χ1v) is 7.24. The third-order valence-corrected chi connectivity index (χ3v) is 4.11. The second-order valence-electron chi connectivity index (χ2n) is 5.51. The zero-order valence-electron chi connectivity index (χ0n) is 12.1. The van der Waals surface area contributed by atoms with E-state index in [-0.39, 0.29) is 11.9 Å². The maximum Gasteiger partial charge on any atom is 0.254 e. The van der Waals surface area contributed by atoms with E-state index in [2.05, 4.69) is 4.98 Å². The van der Waals surface area contributed by atoms with Crippen LogP contribution in [0.4, 0.5) is 5.69 Å². The topological polar surface area (TPSA) is 59.2 Å². The van der Waals surface area contributed by atoms with E-state index in [9.17, 15) is 4.79 Å². The van der Waals surface area contributed by atoms with E-state index < -0.39 is 0 Å². The highest BCUT2D eigenvalue weighted by Crippen LogP contribution is 2.32. The Morgan fingerprint density at radius 3 is 2.95 bits per heavy atom. The number of nitrogens with two attached hydrogens (primary N) is 1. The van der Waals surface area contributed by atoms with Crippen molar-refractivity contribution in [3.05, 3.63) is 59.4 Å². The van der Waals surface area contributed by atoms with Gasteiger partial charge < -0.3 is 10.6 Å². The lowest BCUT2D eigenvalue weighted by molar-refractivity contribution is 0.0735. The molecule has 1 atom stereocenters. The molecule has 0 bridgehead atoms. The van der Waals surface area contributed by atoms with Gasteiger partial charge in [-0.1, -0.05) is 12.1 Å². The molecule has 4 nitrogen and oxygen atoms in total. The van der Waals surface area contributed by atoms with Gasteiger partial charge in [-0.05, 0) is 49.1 Å². The third-order valence-electron chi connectivity index (χ3n) is 4.11. The Morgan fingerprint density at radius 1 is 1.38 bits per heavy atom. The van der Waals surface area contributed by atoms with Crippen molar-refractivity contribution in [1.29, 1.82) is 0 Å². The van der Waals surface area contributed by atoms with Gasteiger partial charge in [-0.3, -0.25) is 9.78 Å². The van der Waals surface area contributed by atoms with Crippen LogP contribution in [-0.2, 0) is 0 Å². The summed E-state index contributed by atoms with van der Waals surface area (Å²) in [5.74, 6) is 0.0491. The highest BCUT2D eigenvalue weighted by atomic mass is 16.2. The van der Waals surface area contributed by atoms with Crippen LogP contribution in [0.2, 0.25) is 0 Å². The fourth-order valence-electron chi connectivity index (χ4n) is 2.87. The van der Waals surface area contributed by atoms with E-state index in [0.29, 0.717) is 11.3 Å². The van der Waals surface area contributed by atoms with Crippen LogP contribution < -0.4 is 5.73 Å². The zero-order valence-corrected chi connectivity index (χ0v) is 12.1. The molecule has 2 heterocycles. The minimum atomic E-state index is 0.0491. The van der Waals surface area contributed by atoms with Crippen LogP contribution in [-0.4, -0.2) is 22.3 Å². The molecule has 2 N–H and O–H groups in total. The molecule has 4 heteroatoms. The van der Waals surface area contributed by atoms with E-state index in [1.807, 2.05) is 42.3 Å². The molecule has 1 unspecified atom stereocenters. The number of carbonyl (C=O) groups excluding carboxylic acids is 1. The van der Waals surface area contributed by atoms with E-state index in [1.165, 1.54) is 0 Å². The Labute approximate surface area is 124 Å². The molecule has 1 amide bonds. The number of rotatable bonds is 2. The molecule has 0 spiro atoms. The van der Waals surface area contributed by atoms with Gasteiger partial charge in [0.2, 0.25) is 0 Å². The molecule has 0 aliphatic carbocycles. The summed E-state index contributed by atoms with van der Waals surface area (Å²) in [5, 5.41) is 0. The first-order chi connectivity index (χ1) is 10.2. The molecule has 0 radical (unpaired) electrons. The molecule has 108 valence electrons. The summed E-state index contributed by atoms with van der Waals surface area (Å²) in [6.45, 7) is 2.73. The molecule has 21 heavy (non-hydrogen) atoms. The number of pyridine rings is 1. The second kappa shape index (κ2) is 5.56. The van der Waals surface area contributed by atoms with Crippen molar-refractivity contribution in [3.63, 3.8) is 0 Å². The summed E-state index contributed by atoms with van der Waals surface area (Å²) >= 11 is 0. The molecule has 1 aromatic heterocycles. The van der Waals surface area contributed by atoms with Crippen molar-refractivity contribution in [2.45, 2.75) is 25.8 Å². The van der Waals surface area contributed by atoms with E-state index in [1.54, 1.807) is 12.3 Å². The van der Waals surface area contributed by atoms with Gasteiger partial charge in [0.1, 0.15) is 0 Å². The number of nitrogens with zero attached hydrogens (tertiary/aromatic N) is 2. The van der Waals surface area contributed by atoms with Crippen LogP contribution >= 0.6 is 0 Å². The number of hydrogen-bond acceptors (Lipinski definition) is 3. The van der Waals surface area contributed by atoms with Gasteiger partial charge in [0.15, 0.2) is 0 Å². The summed E-state index contributed by atoms with van der Waals surface area (Å²) in [6, 6.07) is 9.60. The SMILES string of the molecule is Cc1ccc(C(=O)N2CCCC2c2cccnc2)cc1N. The number of aryl methyl sites for hydroxylation is 1. The lowest BCUT2D eigenvalue weighted by Crippen LogP contribution is -2.30. The Morgan fingerprint density at radius 2 is 2.24 bits per heavy atom.